The Hall–Kier alpha value is -2.39. The van der Waals surface area contributed by atoms with E-state index in [-0.39, 0.29) is 33.0 Å². The minimum atomic E-state index is -3.99. The average Bonchev–Trinajstić information content (AvgIpc) is 3.06. The molecular weight excluding hydrogens is 364 g/mol. The van der Waals surface area contributed by atoms with Crippen LogP contribution in [0, 0.1) is 0 Å². The number of aromatic carboxylic acids is 1. The lowest BCUT2D eigenvalue weighted by Gasteiger charge is -2.15. The standard InChI is InChI=1S/C16H18N2O5S2/c1-3-10(2)17-15(19)12-6-4-5-7-13(12)18-25(22,23)14-8-11(9-24-14)16(20)21/h4-10,18H,3H2,1-2H3,(H,17,19)(H,20,21)/t10-/m1/s1. The fourth-order valence-corrected chi connectivity index (χ4v) is 4.17. The Balaban J connectivity index is 2.30. The van der Waals surface area contributed by atoms with Crippen molar-refractivity contribution in [1.29, 1.82) is 0 Å². The molecule has 2 aromatic rings. The molecule has 1 aromatic carbocycles. The second-order valence-corrected chi connectivity index (χ2v) is 8.21. The number of carboxylic acids is 1. The number of carboxylic acid groups (broad SMARTS) is 1. The summed E-state index contributed by atoms with van der Waals surface area (Å²) in [6, 6.07) is 7.28. The summed E-state index contributed by atoms with van der Waals surface area (Å²) >= 11 is 0.801. The molecule has 1 amide bonds. The van der Waals surface area contributed by atoms with E-state index in [0.29, 0.717) is 0 Å². The maximum absolute atomic E-state index is 12.5. The number of sulfonamides is 1. The number of nitrogens with one attached hydrogen (secondary N) is 2. The Bertz CT molecular complexity index is 889. The predicted octanol–water partition coefficient (Wildman–Crippen LogP) is 2.78. The molecule has 0 saturated heterocycles. The van der Waals surface area contributed by atoms with Crippen LogP contribution in [-0.4, -0.2) is 31.4 Å². The molecule has 3 N–H and O–H groups in total. The molecule has 0 spiro atoms. The van der Waals surface area contributed by atoms with Crippen molar-refractivity contribution < 1.29 is 23.1 Å². The van der Waals surface area contributed by atoms with Crippen LogP contribution < -0.4 is 10.0 Å². The van der Waals surface area contributed by atoms with Crippen molar-refractivity contribution in [2.45, 2.75) is 30.5 Å². The molecule has 0 bridgehead atoms. The molecule has 0 aliphatic heterocycles. The van der Waals surface area contributed by atoms with Gasteiger partial charge in [0.1, 0.15) is 4.21 Å². The fourth-order valence-electron chi connectivity index (χ4n) is 1.94. The fraction of sp³-hybridized carbons (Fsp3) is 0.250. The number of hydrogen-bond acceptors (Lipinski definition) is 5. The largest absolute Gasteiger partial charge is 0.478 e. The third-order valence-electron chi connectivity index (χ3n) is 3.49. The van der Waals surface area contributed by atoms with Gasteiger partial charge in [0.05, 0.1) is 16.8 Å². The van der Waals surface area contributed by atoms with Crippen LogP contribution in [0.3, 0.4) is 0 Å². The summed E-state index contributed by atoms with van der Waals surface area (Å²) in [5.41, 5.74) is 0.225. The van der Waals surface area contributed by atoms with Crippen molar-refractivity contribution in [3.05, 3.63) is 46.8 Å². The van der Waals surface area contributed by atoms with Gasteiger partial charge >= 0.3 is 5.97 Å². The Kier molecular flexibility index (Phi) is 5.81. The van der Waals surface area contributed by atoms with Crippen molar-refractivity contribution in [2.75, 3.05) is 4.72 Å². The molecular formula is C16H18N2O5S2. The van der Waals surface area contributed by atoms with Crippen LogP contribution in [0.15, 0.2) is 39.9 Å². The van der Waals surface area contributed by atoms with E-state index in [4.69, 9.17) is 5.11 Å². The van der Waals surface area contributed by atoms with Gasteiger partial charge in [0.2, 0.25) is 0 Å². The molecule has 134 valence electrons. The summed E-state index contributed by atoms with van der Waals surface area (Å²) in [5.74, 6) is -1.59. The lowest BCUT2D eigenvalue weighted by molar-refractivity contribution is 0.0697. The van der Waals surface area contributed by atoms with E-state index < -0.39 is 16.0 Å². The first-order valence-corrected chi connectivity index (χ1v) is 9.85. The van der Waals surface area contributed by atoms with Crippen molar-refractivity contribution >= 4 is 38.9 Å². The van der Waals surface area contributed by atoms with E-state index in [1.54, 1.807) is 12.1 Å². The van der Waals surface area contributed by atoms with Gasteiger partial charge in [0.25, 0.3) is 15.9 Å². The Labute approximate surface area is 149 Å². The number of benzene rings is 1. The van der Waals surface area contributed by atoms with Gasteiger partial charge in [-0.15, -0.1) is 11.3 Å². The number of rotatable bonds is 7. The quantitative estimate of drug-likeness (QED) is 0.681. The predicted molar refractivity (Wildman–Crippen MR) is 95.7 cm³/mol. The Morgan fingerprint density at radius 1 is 1.28 bits per heavy atom. The van der Waals surface area contributed by atoms with Gasteiger partial charge in [-0.05, 0) is 31.5 Å². The van der Waals surface area contributed by atoms with E-state index >= 15 is 0 Å². The highest BCUT2D eigenvalue weighted by molar-refractivity contribution is 7.94. The van der Waals surface area contributed by atoms with Gasteiger partial charge in [0.15, 0.2) is 0 Å². The molecule has 9 heteroatoms. The SMILES string of the molecule is CC[C@@H](C)NC(=O)c1ccccc1NS(=O)(=O)c1cc(C(=O)O)cs1. The Morgan fingerprint density at radius 3 is 2.56 bits per heavy atom. The number of carbonyl (C=O) groups excluding carboxylic acids is 1. The molecule has 2 rings (SSSR count). The summed E-state index contributed by atoms with van der Waals surface area (Å²) in [5, 5.41) is 12.9. The molecule has 25 heavy (non-hydrogen) atoms. The highest BCUT2D eigenvalue weighted by Crippen LogP contribution is 2.25. The number of carbonyl (C=O) groups is 2. The van der Waals surface area contributed by atoms with Crippen molar-refractivity contribution in [3.63, 3.8) is 0 Å². The minimum Gasteiger partial charge on any atom is -0.478 e. The zero-order chi connectivity index (χ0) is 18.6. The maximum Gasteiger partial charge on any atom is 0.336 e. The number of para-hydroxylation sites is 1. The molecule has 0 unspecified atom stereocenters. The normalized spacial score (nSPS) is 12.4. The molecule has 7 nitrogen and oxygen atoms in total. The van der Waals surface area contributed by atoms with E-state index in [2.05, 4.69) is 10.0 Å². The summed E-state index contributed by atoms with van der Waals surface area (Å²) in [6.07, 6.45) is 0.743. The van der Waals surface area contributed by atoms with Gasteiger partial charge < -0.3 is 10.4 Å². The molecule has 0 radical (unpaired) electrons. The lowest BCUT2D eigenvalue weighted by Crippen LogP contribution is -2.32. The molecule has 0 saturated carbocycles. The molecule has 0 aliphatic rings. The van der Waals surface area contributed by atoms with Crippen LogP contribution in [0.5, 0.6) is 0 Å². The summed E-state index contributed by atoms with van der Waals surface area (Å²) in [7, 11) is -3.99. The van der Waals surface area contributed by atoms with Crippen LogP contribution >= 0.6 is 11.3 Å². The van der Waals surface area contributed by atoms with Crippen LogP contribution in [0.1, 0.15) is 41.0 Å². The number of hydrogen-bond donors (Lipinski definition) is 3. The highest BCUT2D eigenvalue weighted by atomic mass is 32.2. The zero-order valence-corrected chi connectivity index (χ0v) is 15.3. The van der Waals surface area contributed by atoms with Crippen LogP contribution in [0.2, 0.25) is 0 Å². The Morgan fingerprint density at radius 2 is 1.96 bits per heavy atom. The first-order valence-electron chi connectivity index (χ1n) is 7.49. The topological polar surface area (TPSA) is 113 Å². The second kappa shape index (κ2) is 7.66. The summed E-state index contributed by atoms with van der Waals surface area (Å²) < 4.78 is 27.2. The van der Waals surface area contributed by atoms with E-state index in [1.807, 2.05) is 13.8 Å². The summed E-state index contributed by atoms with van der Waals surface area (Å²) in [4.78, 5) is 23.2. The average molecular weight is 382 g/mol. The second-order valence-electron chi connectivity index (χ2n) is 5.39. The molecule has 1 aromatic heterocycles. The number of thiophene rings is 1. The molecule has 0 fully saturated rings. The van der Waals surface area contributed by atoms with E-state index in [9.17, 15) is 18.0 Å². The number of anilines is 1. The van der Waals surface area contributed by atoms with Crippen LogP contribution in [0.4, 0.5) is 5.69 Å². The lowest BCUT2D eigenvalue weighted by atomic mass is 10.1. The van der Waals surface area contributed by atoms with Crippen molar-refractivity contribution in [3.8, 4) is 0 Å². The van der Waals surface area contributed by atoms with Crippen LogP contribution in [0.25, 0.3) is 0 Å². The molecule has 1 atom stereocenters. The van der Waals surface area contributed by atoms with Gasteiger partial charge in [-0.3, -0.25) is 9.52 Å². The van der Waals surface area contributed by atoms with Crippen LogP contribution in [-0.2, 0) is 10.0 Å². The van der Waals surface area contributed by atoms with E-state index in [1.165, 1.54) is 17.5 Å². The minimum absolute atomic E-state index is 0.0485. The first-order chi connectivity index (χ1) is 11.7. The van der Waals surface area contributed by atoms with Gasteiger partial charge in [-0.1, -0.05) is 19.1 Å². The zero-order valence-electron chi connectivity index (χ0n) is 13.6. The molecule has 1 heterocycles. The third kappa shape index (κ3) is 4.58. The third-order valence-corrected chi connectivity index (χ3v) is 6.30. The maximum atomic E-state index is 12.5. The number of amides is 1. The van der Waals surface area contributed by atoms with Gasteiger partial charge in [-0.25, -0.2) is 13.2 Å². The van der Waals surface area contributed by atoms with Gasteiger partial charge in [-0.2, -0.15) is 0 Å². The first kappa shape index (κ1) is 18.9. The van der Waals surface area contributed by atoms with Crippen molar-refractivity contribution in [2.24, 2.45) is 0 Å². The highest BCUT2D eigenvalue weighted by Gasteiger charge is 2.22. The summed E-state index contributed by atoms with van der Waals surface area (Å²) in [6.45, 7) is 3.78. The van der Waals surface area contributed by atoms with Crippen molar-refractivity contribution in [1.82, 2.24) is 5.32 Å². The van der Waals surface area contributed by atoms with E-state index in [0.717, 1.165) is 23.8 Å². The van der Waals surface area contributed by atoms with Gasteiger partial charge in [0, 0.05) is 11.4 Å². The molecule has 0 aliphatic carbocycles. The monoisotopic (exact) mass is 382 g/mol. The smallest absolute Gasteiger partial charge is 0.336 e.